The Morgan fingerprint density at radius 2 is 1.85 bits per heavy atom. The fourth-order valence-corrected chi connectivity index (χ4v) is 3.20. The smallest absolute Gasteiger partial charge is 0.193 e. The van der Waals surface area contributed by atoms with Crippen molar-refractivity contribution in [3.63, 3.8) is 0 Å². The van der Waals surface area contributed by atoms with E-state index in [0.29, 0.717) is 16.9 Å². The first-order valence-electron chi connectivity index (χ1n) is 6.80. The van der Waals surface area contributed by atoms with Gasteiger partial charge in [0, 0.05) is 16.5 Å². The van der Waals surface area contributed by atoms with Gasteiger partial charge in [-0.2, -0.15) is 0 Å². The van der Waals surface area contributed by atoms with Crippen LogP contribution in [0.25, 0.3) is 0 Å². The highest BCUT2D eigenvalue weighted by Gasteiger charge is 2.57. The van der Waals surface area contributed by atoms with Crippen LogP contribution in [0.5, 0.6) is 5.75 Å². The van der Waals surface area contributed by atoms with Crippen molar-refractivity contribution in [2.45, 2.75) is 33.0 Å². The van der Waals surface area contributed by atoms with Gasteiger partial charge in [-0.3, -0.25) is 9.59 Å². The van der Waals surface area contributed by atoms with Crippen LogP contribution in [0.3, 0.4) is 0 Å². The van der Waals surface area contributed by atoms with Crippen molar-refractivity contribution in [2.75, 3.05) is 7.11 Å². The molecule has 3 rings (SSSR count). The predicted molar refractivity (Wildman–Crippen MR) is 73.3 cm³/mol. The van der Waals surface area contributed by atoms with Gasteiger partial charge in [0.15, 0.2) is 11.6 Å². The molecule has 1 heterocycles. The maximum Gasteiger partial charge on any atom is 0.193 e. The molecule has 2 aliphatic rings. The average Bonchev–Trinajstić information content (AvgIpc) is 2.66. The van der Waals surface area contributed by atoms with Gasteiger partial charge in [-0.15, -0.1) is 0 Å². The van der Waals surface area contributed by atoms with Gasteiger partial charge in [0.25, 0.3) is 0 Å². The van der Waals surface area contributed by atoms with Crippen LogP contribution in [0, 0.1) is 11.3 Å². The molecule has 2 unspecified atom stereocenters. The Hall–Kier alpha value is -1.68. The van der Waals surface area contributed by atoms with Crippen molar-refractivity contribution >= 4 is 11.6 Å². The molecule has 1 fully saturated rings. The third-order valence-electron chi connectivity index (χ3n) is 4.80. The Kier molecular flexibility index (Phi) is 2.77. The molecule has 1 aliphatic carbocycles. The Labute approximate surface area is 118 Å². The lowest BCUT2D eigenvalue weighted by Gasteiger charge is -2.32. The maximum absolute atomic E-state index is 12.7. The van der Waals surface area contributed by atoms with Gasteiger partial charge in [0.2, 0.25) is 0 Å². The Bertz CT molecular complexity index is 602. The van der Waals surface area contributed by atoms with Crippen molar-refractivity contribution < 1.29 is 19.1 Å². The molecule has 0 saturated carbocycles. The van der Waals surface area contributed by atoms with Crippen LogP contribution in [0.2, 0.25) is 0 Å². The van der Waals surface area contributed by atoms with Gasteiger partial charge in [-0.1, -0.05) is 13.8 Å². The number of carbonyl (C=O) groups excluding carboxylic acids is 2. The van der Waals surface area contributed by atoms with E-state index in [4.69, 9.17) is 9.47 Å². The molecule has 1 aromatic rings. The summed E-state index contributed by atoms with van der Waals surface area (Å²) in [5, 5.41) is 0. The zero-order valence-corrected chi connectivity index (χ0v) is 12.1. The van der Waals surface area contributed by atoms with Crippen molar-refractivity contribution in [1.82, 2.24) is 0 Å². The number of fused-ring (bicyclic) bond motifs is 2. The normalized spacial score (nSPS) is 30.9. The zero-order valence-electron chi connectivity index (χ0n) is 12.1. The summed E-state index contributed by atoms with van der Waals surface area (Å²) in [6, 6.07) is 5.03. The van der Waals surface area contributed by atoms with Crippen LogP contribution >= 0.6 is 0 Å². The molecule has 0 amide bonds. The van der Waals surface area contributed by atoms with Crippen LogP contribution in [0.15, 0.2) is 18.2 Å². The van der Waals surface area contributed by atoms with Crippen LogP contribution in [0.1, 0.15) is 41.5 Å². The number of ketones is 2. The van der Waals surface area contributed by atoms with Crippen molar-refractivity contribution in [1.29, 1.82) is 0 Å². The van der Waals surface area contributed by atoms with E-state index in [2.05, 4.69) is 0 Å². The predicted octanol–water partition coefficient (Wildman–Crippen LogP) is 2.50. The van der Waals surface area contributed by atoms with Gasteiger partial charge in [0.1, 0.15) is 11.9 Å². The molecular formula is C16H18O4. The van der Waals surface area contributed by atoms with E-state index in [1.165, 1.54) is 7.11 Å². The van der Waals surface area contributed by atoms with E-state index in [1.54, 1.807) is 18.2 Å². The average molecular weight is 274 g/mol. The minimum Gasteiger partial charge on any atom is -0.497 e. The second-order valence-corrected chi connectivity index (χ2v) is 6.14. The first kappa shape index (κ1) is 13.3. The third-order valence-corrected chi connectivity index (χ3v) is 4.80. The SMILES string of the molecule is COc1ccc2c(c1)C(=O)C1O[C@H](C)C(C)(C)C1C2=O. The molecule has 1 aromatic carbocycles. The topological polar surface area (TPSA) is 52.6 Å². The number of hydrogen-bond donors (Lipinski definition) is 0. The lowest BCUT2D eigenvalue weighted by molar-refractivity contribution is 0.0270. The molecule has 0 N–H and O–H groups in total. The van der Waals surface area contributed by atoms with Crippen LogP contribution < -0.4 is 4.74 Å². The number of methoxy groups -OCH3 is 1. The maximum atomic E-state index is 12.7. The highest BCUT2D eigenvalue weighted by molar-refractivity contribution is 6.17. The lowest BCUT2D eigenvalue weighted by atomic mass is 9.67. The molecular weight excluding hydrogens is 256 g/mol. The Morgan fingerprint density at radius 3 is 2.50 bits per heavy atom. The number of benzene rings is 1. The van der Waals surface area contributed by atoms with Crippen LogP contribution in [0.4, 0.5) is 0 Å². The number of Topliss-reactive ketones (excluding diaryl/α,β-unsaturated/α-hetero) is 2. The second-order valence-electron chi connectivity index (χ2n) is 6.14. The number of rotatable bonds is 1. The molecule has 1 saturated heterocycles. The first-order chi connectivity index (χ1) is 9.37. The van der Waals surface area contributed by atoms with Crippen molar-refractivity contribution in [2.24, 2.45) is 11.3 Å². The van der Waals surface area contributed by atoms with Crippen LogP contribution in [-0.2, 0) is 4.74 Å². The number of carbonyl (C=O) groups is 2. The van der Waals surface area contributed by atoms with Crippen molar-refractivity contribution in [3.05, 3.63) is 29.3 Å². The summed E-state index contributed by atoms with van der Waals surface area (Å²) in [5.41, 5.74) is 0.568. The number of ether oxygens (including phenoxy) is 2. The van der Waals surface area contributed by atoms with Gasteiger partial charge < -0.3 is 9.47 Å². The fraction of sp³-hybridized carbons (Fsp3) is 0.500. The first-order valence-corrected chi connectivity index (χ1v) is 6.80. The minimum atomic E-state index is -0.660. The van der Waals surface area contributed by atoms with E-state index in [9.17, 15) is 9.59 Å². The highest BCUT2D eigenvalue weighted by Crippen LogP contribution is 2.48. The molecule has 0 bridgehead atoms. The molecule has 4 heteroatoms. The molecule has 1 aliphatic heterocycles. The standard InChI is InChI=1S/C16H18O4/c1-8-16(2,3)12-13(17)10-6-5-9(19-4)7-11(10)14(18)15(12)20-8/h5-8,12,15H,1-4H3/t8-,12?,15?/m1/s1. The molecule has 20 heavy (non-hydrogen) atoms. The highest BCUT2D eigenvalue weighted by atomic mass is 16.5. The third kappa shape index (κ3) is 1.57. The van der Waals surface area contributed by atoms with Gasteiger partial charge >= 0.3 is 0 Å². The molecule has 3 atom stereocenters. The van der Waals surface area contributed by atoms with Crippen molar-refractivity contribution in [3.8, 4) is 5.75 Å². The largest absolute Gasteiger partial charge is 0.497 e. The summed E-state index contributed by atoms with van der Waals surface area (Å²) < 4.78 is 10.9. The quantitative estimate of drug-likeness (QED) is 0.789. The fourth-order valence-electron chi connectivity index (χ4n) is 3.20. The van der Waals surface area contributed by atoms with E-state index in [1.807, 2.05) is 20.8 Å². The summed E-state index contributed by atoms with van der Waals surface area (Å²) in [7, 11) is 1.54. The van der Waals surface area contributed by atoms with Gasteiger partial charge in [0.05, 0.1) is 19.1 Å². The summed E-state index contributed by atoms with van der Waals surface area (Å²) in [4.78, 5) is 25.3. The van der Waals surface area contributed by atoms with Crippen LogP contribution in [-0.4, -0.2) is 30.9 Å². The summed E-state index contributed by atoms with van der Waals surface area (Å²) in [5.74, 6) is 0.0714. The summed E-state index contributed by atoms with van der Waals surface area (Å²) in [6.07, 6.45) is -0.784. The zero-order chi connectivity index (χ0) is 14.7. The second kappa shape index (κ2) is 4.16. The minimum absolute atomic E-state index is 0.00148. The molecule has 0 spiro atoms. The summed E-state index contributed by atoms with van der Waals surface area (Å²) in [6.45, 7) is 5.90. The molecule has 106 valence electrons. The van der Waals surface area contributed by atoms with E-state index >= 15 is 0 Å². The lowest BCUT2D eigenvalue weighted by Crippen LogP contribution is -2.43. The van der Waals surface area contributed by atoms with E-state index in [-0.39, 0.29) is 23.1 Å². The Balaban J connectivity index is 2.15. The van der Waals surface area contributed by atoms with E-state index < -0.39 is 12.0 Å². The monoisotopic (exact) mass is 274 g/mol. The molecule has 0 aromatic heterocycles. The molecule has 0 radical (unpaired) electrons. The molecule has 4 nitrogen and oxygen atoms in total. The van der Waals surface area contributed by atoms with Gasteiger partial charge in [-0.25, -0.2) is 0 Å². The van der Waals surface area contributed by atoms with Gasteiger partial charge in [-0.05, 0) is 25.1 Å². The van der Waals surface area contributed by atoms with E-state index in [0.717, 1.165) is 0 Å². The summed E-state index contributed by atoms with van der Waals surface area (Å²) >= 11 is 0. The number of hydrogen-bond acceptors (Lipinski definition) is 4. The Morgan fingerprint density at radius 1 is 1.15 bits per heavy atom.